The maximum Gasteiger partial charge on any atom is 0.229 e. The maximum absolute atomic E-state index is 12.2. The Kier molecular flexibility index (Phi) is 6.68. The van der Waals surface area contributed by atoms with Crippen molar-refractivity contribution in [1.29, 1.82) is 0 Å². The van der Waals surface area contributed by atoms with E-state index >= 15 is 0 Å². The van der Waals surface area contributed by atoms with E-state index in [1.165, 1.54) is 0 Å². The summed E-state index contributed by atoms with van der Waals surface area (Å²) in [6.07, 6.45) is 0.768. The summed E-state index contributed by atoms with van der Waals surface area (Å²) in [7, 11) is 0. The van der Waals surface area contributed by atoms with E-state index in [9.17, 15) is 9.59 Å². The van der Waals surface area contributed by atoms with Crippen LogP contribution in [-0.2, 0) is 16.0 Å². The van der Waals surface area contributed by atoms with E-state index in [1.54, 1.807) is 30.3 Å². The van der Waals surface area contributed by atoms with Gasteiger partial charge in [-0.05, 0) is 36.2 Å². The van der Waals surface area contributed by atoms with E-state index in [-0.39, 0.29) is 18.2 Å². The van der Waals surface area contributed by atoms with E-state index in [4.69, 9.17) is 23.2 Å². The number of anilines is 2. The number of hydrogen-bond donors (Lipinski definition) is 2. The second-order valence-corrected chi connectivity index (χ2v) is 7.83. The average Bonchev–Trinajstić information content (AvgIpc) is 2.55. The second kappa shape index (κ2) is 8.56. The summed E-state index contributed by atoms with van der Waals surface area (Å²) in [5, 5.41) is 6.64. The number of carbonyl (C=O) groups is 2. The molecule has 0 aliphatic carbocycles. The lowest BCUT2D eigenvalue weighted by molar-refractivity contribution is -0.123. The van der Waals surface area contributed by atoms with E-state index < -0.39 is 5.41 Å². The van der Waals surface area contributed by atoms with Crippen molar-refractivity contribution >= 4 is 46.4 Å². The number of amides is 2. The average molecular weight is 393 g/mol. The minimum atomic E-state index is -0.491. The van der Waals surface area contributed by atoms with E-state index in [1.807, 2.05) is 32.9 Å². The largest absolute Gasteiger partial charge is 0.326 e. The second-order valence-electron chi connectivity index (χ2n) is 7.05. The van der Waals surface area contributed by atoms with Gasteiger partial charge in [-0.25, -0.2) is 0 Å². The smallest absolute Gasteiger partial charge is 0.229 e. The van der Waals surface area contributed by atoms with Crippen molar-refractivity contribution in [2.75, 3.05) is 10.6 Å². The molecule has 2 aromatic rings. The van der Waals surface area contributed by atoms with Crippen molar-refractivity contribution in [3.63, 3.8) is 0 Å². The summed E-state index contributed by atoms with van der Waals surface area (Å²) in [5.74, 6) is -0.225. The van der Waals surface area contributed by atoms with Gasteiger partial charge >= 0.3 is 0 Å². The predicted molar refractivity (Wildman–Crippen MR) is 108 cm³/mol. The van der Waals surface area contributed by atoms with Gasteiger partial charge in [0.25, 0.3) is 0 Å². The molecule has 0 unspecified atom stereocenters. The molecule has 0 bridgehead atoms. The van der Waals surface area contributed by atoms with Crippen LogP contribution in [0.25, 0.3) is 0 Å². The topological polar surface area (TPSA) is 58.2 Å². The molecule has 4 nitrogen and oxygen atoms in total. The number of rotatable bonds is 5. The lowest BCUT2D eigenvalue weighted by Gasteiger charge is -2.18. The van der Waals surface area contributed by atoms with Crippen LogP contribution in [0.15, 0.2) is 42.5 Å². The van der Waals surface area contributed by atoms with Crippen LogP contribution >= 0.6 is 23.2 Å². The normalized spacial score (nSPS) is 11.1. The van der Waals surface area contributed by atoms with Crippen LogP contribution in [0.2, 0.25) is 10.0 Å². The van der Waals surface area contributed by atoms with Gasteiger partial charge in [0.1, 0.15) is 0 Å². The van der Waals surface area contributed by atoms with Crippen molar-refractivity contribution in [3.8, 4) is 0 Å². The Morgan fingerprint density at radius 2 is 1.58 bits per heavy atom. The fourth-order valence-electron chi connectivity index (χ4n) is 2.21. The molecule has 0 aromatic heterocycles. The number of aryl methyl sites for hydroxylation is 1. The minimum absolute atomic E-state index is 0.0865. The molecule has 0 aliphatic heterocycles. The van der Waals surface area contributed by atoms with E-state index in [2.05, 4.69) is 10.6 Å². The third-order valence-electron chi connectivity index (χ3n) is 3.74. The van der Waals surface area contributed by atoms with Gasteiger partial charge in [-0.15, -0.1) is 0 Å². The Morgan fingerprint density at radius 1 is 0.962 bits per heavy atom. The minimum Gasteiger partial charge on any atom is -0.326 e. The van der Waals surface area contributed by atoms with E-state index in [0.29, 0.717) is 27.8 Å². The van der Waals surface area contributed by atoms with Gasteiger partial charge in [0.15, 0.2) is 0 Å². The van der Waals surface area contributed by atoms with Gasteiger partial charge in [0, 0.05) is 23.2 Å². The first-order valence-corrected chi connectivity index (χ1v) is 9.06. The molecule has 0 saturated heterocycles. The van der Waals surface area contributed by atoms with Gasteiger partial charge in [-0.1, -0.05) is 62.2 Å². The third kappa shape index (κ3) is 5.75. The molecule has 0 fully saturated rings. The molecular weight excluding hydrogens is 371 g/mol. The van der Waals surface area contributed by atoms with Gasteiger partial charge in [0.2, 0.25) is 11.8 Å². The van der Waals surface area contributed by atoms with Crippen LogP contribution in [0.5, 0.6) is 0 Å². The molecule has 0 saturated carbocycles. The highest BCUT2D eigenvalue weighted by Crippen LogP contribution is 2.26. The fourth-order valence-corrected chi connectivity index (χ4v) is 2.62. The zero-order valence-corrected chi connectivity index (χ0v) is 16.5. The summed E-state index contributed by atoms with van der Waals surface area (Å²) in [6, 6.07) is 12.4. The first-order valence-electron chi connectivity index (χ1n) is 8.31. The summed E-state index contributed by atoms with van der Waals surface area (Å²) < 4.78 is 0. The number of halogens is 2. The van der Waals surface area contributed by atoms with Crippen molar-refractivity contribution in [3.05, 3.63) is 58.1 Å². The number of benzene rings is 2. The summed E-state index contributed by atoms with van der Waals surface area (Å²) in [5.41, 5.74) is 1.61. The van der Waals surface area contributed by atoms with Crippen LogP contribution in [0.1, 0.15) is 32.8 Å². The monoisotopic (exact) mass is 392 g/mol. The lowest BCUT2D eigenvalue weighted by atomic mass is 9.95. The number of nitrogens with one attached hydrogen (secondary N) is 2. The molecule has 6 heteroatoms. The fraction of sp³-hybridized carbons (Fsp3) is 0.300. The Balaban J connectivity index is 1.96. The molecule has 2 rings (SSSR count). The van der Waals surface area contributed by atoms with Crippen LogP contribution in [-0.4, -0.2) is 11.8 Å². The van der Waals surface area contributed by atoms with Gasteiger partial charge < -0.3 is 10.6 Å². The summed E-state index contributed by atoms with van der Waals surface area (Å²) in [6.45, 7) is 5.53. The Hall–Kier alpha value is -2.04. The first-order chi connectivity index (χ1) is 12.2. The Bertz CT molecular complexity index is 814. The highest BCUT2D eigenvalue weighted by molar-refractivity contribution is 6.42. The molecule has 0 atom stereocenters. The van der Waals surface area contributed by atoms with Gasteiger partial charge in [-0.2, -0.15) is 0 Å². The molecule has 26 heavy (non-hydrogen) atoms. The lowest BCUT2D eigenvalue weighted by Crippen LogP contribution is -2.27. The van der Waals surface area contributed by atoms with Gasteiger partial charge in [0.05, 0.1) is 10.0 Å². The number of hydrogen-bond acceptors (Lipinski definition) is 2. The van der Waals surface area contributed by atoms with Crippen molar-refractivity contribution < 1.29 is 9.59 Å². The van der Waals surface area contributed by atoms with Crippen LogP contribution in [0.3, 0.4) is 0 Å². The highest BCUT2D eigenvalue weighted by atomic mass is 35.5. The molecule has 2 N–H and O–H groups in total. The Labute approximate surface area is 163 Å². The van der Waals surface area contributed by atoms with Crippen molar-refractivity contribution in [1.82, 2.24) is 0 Å². The van der Waals surface area contributed by atoms with Crippen molar-refractivity contribution in [2.24, 2.45) is 5.41 Å². The van der Waals surface area contributed by atoms with Crippen LogP contribution in [0, 0.1) is 5.41 Å². The molecule has 2 amide bonds. The molecule has 0 spiro atoms. The third-order valence-corrected chi connectivity index (χ3v) is 4.60. The molecule has 0 radical (unpaired) electrons. The Morgan fingerprint density at radius 3 is 2.23 bits per heavy atom. The van der Waals surface area contributed by atoms with Crippen LogP contribution in [0.4, 0.5) is 11.4 Å². The molecule has 0 heterocycles. The molecule has 2 aromatic carbocycles. The maximum atomic E-state index is 12.2. The standard InChI is InChI=1S/C20H22Cl2N2O2/c1-20(2,3)19(26)24-15-8-5-7-14(12-15)23-17(25)11-10-13-6-4-9-16(21)18(13)22/h4-9,12H,10-11H2,1-3H3,(H,23,25)(H,24,26). The number of carbonyl (C=O) groups excluding carboxylic acids is 2. The molecule has 138 valence electrons. The quantitative estimate of drug-likeness (QED) is 0.700. The molecule has 0 aliphatic rings. The molecular formula is C20H22Cl2N2O2. The van der Waals surface area contributed by atoms with E-state index in [0.717, 1.165) is 5.56 Å². The van der Waals surface area contributed by atoms with Crippen molar-refractivity contribution in [2.45, 2.75) is 33.6 Å². The van der Waals surface area contributed by atoms with Crippen LogP contribution < -0.4 is 10.6 Å². The SMILES string of the molecule is CC(C)(C)C(=O)Nc1cccc(NC(=O)CCc2cccc(Cl)c2Cl)c1. The first kappa shape index (κ1) is 20.3. The predicted octanol–water partition coefficient (Wildman–Crippen LogP) is 5.55. The zero-order valence-electron chi connectivity index (χ0n) is 15.0. The highest BCUT2D eigenvalue weighted by Gasteiger charge is 2.21. The summed E-state index contributed by atoms with van der Waals surface area (Å²) in [4.78, 5) is 24.3. The summed E-state index contributed by atoms with van der Waals surface area (Å²) >= 11 is 12.1. The zero-order chi connectivity index (χ0) is 19.3. The van der Waals surface area contributed by atoms with Gasteiger partial charge in [-0.3, -0.25) is 9.59 Å².